The maximum atomic E-state index is 12.1. The monoisotopic (exact) mass is 319 g/mol. The van der Waals surface area contributed by atoms with E-state index >= 15 is 0 Å². The van der Waals surface area contributed by atoms with E-state index in [9.17, 15) is 4.79 Å². The first-order valence-electron chi connectivity index (χ1n) is 7.94. The van der Waals surface area contributed by atoms with Gasteiger partial charge in [-0.15, -0.1) is 0 Å². The zero-order valence-electron chi connectivity index (χ0n) is 14.5. The third-order valence-corrected chi connectivity index (χ3v) is 4.25. The van der Waals surface area contributed by atoms with Crippen LogP contribution in [0, 0.1) is 13.8 Å². The molecule has 0 fully saturated rings. The van der Waals surface area contributed by atoms with E-state index in [2.05, 4.69) is 13.8 Å². The minimum Gasteiger partial charge on any atom is -0.422 e. The van der Waals surface area contributed by atoms with Crippen LogP contribution in [0.15, 0.2) is 54.1 Å². The Morgan fingerprint density at radius 3 is 2.29 bits per heavy atom. The summed E-state index contributed by atoms with van der Waals surface area (Å²) in [6.07, 6.45) is 3.67. The number of rotatable bonds is 3. The number of esters is 1. The minimum atomic E-state index is -0.306. The number of cyclic esters (lactones) is 1. The summed E-state index contributed by atoms with van der Waals surface area (Å²) in [5.41, 5.74) is 6.00. The summed E-state index contributed by atoms with van der Waals surface area (Å²) in [5.74, 6) is 0.305. The van der Waals surface area contributed by atoms with Crippen LogP contribution in [0.3, 0.4) is 0 Å². The van der Waals surface area contributed by atoms with E-state index in [1.807, 2.05) is 73.6 Å². The third kappa shape index (κ3) is 3.25. The lowest BCUT2D eigenvalue weighted by molar-refractivity contribution is -0.130. The lowest BCUT2D eigenvalue weighted by atomic mass is 10.0. The number of hydrogen-bond acceptors (Lipinski definition) is 3. The Balaban J connectivity index is 1.89. The summed E-state index contributed by atoms with van der Waals surface area (Å²) in [4.78, 5) is 14.2. The molecule has 0 radical (unpaired) electrons. The highest BCUT2D eigenvalue weighted by molar-refractivity contribution is 6.05. The lowest BCUT2D eigenvalue weighted by Gasteiger charge is -2.11. The molecule has 0 amide bonds. The molecule has 0 spiro atoms. The fourth-order valence-electron chi connectivity index (χ4n) is 2.57. The predicted molar refractivity (Wildman–Crippen MR) is 98.7 cm³/mol. The fraction of sp³-hybridized carbons (Fsp3) is 0.190. The number of nitrogens with zero attached hydrogens (tertiary/aromatic N) is 1. The topological polar surface area (TPSA) is 29.5 Å². The molecule has 24 heavy (non-hydrogen) atoms. The number of carbonyl (C=O) groups is 1. The summed E-state index contributed by atoms with van der Waals surface area (Å²) >= 11 is 0. The van der Waals surface area contributed by atoms with Crippen molar-refractivity contribution in [1.29, 1.82) is 0 Å². The van der Waals surface area contributed by atoms with E-state index < -0.39 is 0 Å². The van der Waals surface area contributed by atoms with Crippen molar-refractivity contribution < 1.29 is 9.53 Å². The number of ether oxygens (including phenoxy) is 1. The molecule has 3 nitrogen and oxygen atoms in total. The Labute approximate surface area is 142 Å². The molecule has 3 rings (SSSR count). The van der Waals surface area contributed by atoms with Crippen LogP contribution in [0.1, 0.15) is 22.3 Å². The minimum absolute atomic E-state index is 0.306. The van der Waals surface area contributed by atoms with Crippen LogP contribution in [-0.4, -0.2) is 20.1 Å². The standard InChI is InChI=1S/C21H21NO2/c1-14-5-8-17(11-15(14)2)20-13-18(21(23)24-20)12-16-6-9-19(10-7-16)22(3)4/h5-13H,1-4H3/b18-12-. The normalized spacial score (nSPS) is 15.4. The predicted octanol–water partition coefficient (Wildman–Crippen LogP) is 4.35. The van der Waals surface area contributed by atoms with Gasteiger partial charge in [0, 0.05) is 25.3 Å². The molecule has 2 aromatic rings. The number of benzene rings is 2. The summed E-state index contributed by atoms with van der Waals surface area (Å²) in [7, 11) is 4.00. The molecule has 0 aliphatic carbocycles. The van der Waals surface area contributed by atoms with Gasteiger partial charge in [-0.05, 0) is 60.9 Å². The highest BCUT2D eigenvalue weighted by Gasteiger charge is 2.22. The van der Waals surface area contributed by atoms with Gasteiger partial charge in [0.25, 0.3) is 0 Å². The molecule has 1 aliphatic rings. The number of anilines is 1. The van der Waals surface area contributed by atoms with Gasteiger partial charge in [0.1, 0.15) is 5.76 Å². The second kappa shape index (κ2) is 6.36. The summed E-state index contributed by atoms with van der Waals surface area (Å²) in [6, 6.07) is 14.1. The number of hydrogen-bond donors (Lipinski definition) is 0. The zero-order chi connectivity index (χ0) is 17.3. The Morgan fingerprint density at radius 1 is 0.958 bits per heavy atom. The van der Waals surface area contributed by atoms with Gasteiger partial charge >= 0.3 is 5.97 Å². The highest BCUT2D eigenvalue weighted by Crippen LogP contribution is 2.28. The van der Waals surface area contributed by atoms with Crippen molar-refractivity contribution in [2.45, 2.75) is 13.8 Å². The van der Waals surface area contributed by atoms with Crippen molar-refractivity contribution in [3.8, 4) is 0 Å². The van der Waals surface area contributed by atoms with Crippen molar-refractivity contribution in [2.24, 2.45) is 0 Å². The molecule has 122 valence electrons. The quantitative estimate of drug-likeness (QED) is 0.622. The highest BCUT2D eigenvalue weighted by atomic mass is 16.5. The van der Waals surface area contributed by atoms with E-state index in [0.29, 0.717) is 11.3 Å². The molecule has 0 N–H and O–H groups in total. The van der Waals surface area contributed by atoms with Gasteiger partial charge < -0.3 is 9.64 Å². The van der Waals surface area contributed by atoms with E-state index in [4.69, 9.17) is 4.74 Å². The van der Waals surface area contributed by atoms with Gasteiger partial charge in [-0.2, -0.15) is 0 Å². The van der Waals surface area contributed by atoms with Crippen LogP contribution in [0.25, 0.3) is 11.8 Å². The van der Waals surface area contributed by atoms with Crippen LogP contribution in [-0.2, 0) is 9.53 Å². The molecule has 2 aromatic carbocycles. The maximum absolute atomic E-state index is 12.1. The molecular formula is C21H21NO2. The Hall–Kier alpha value is -2.81. The molecule has 1 aliphatic heterocycles. The van der Waals surface area contributed by atoms with Gasteiger partial charge in [-0.3, -0.25) is 0 Å². The first-order chi connectivity index (χ1) is 11.4. The van der Waals surface area contributed by atoms with E-state index in [1.165, 1.54) is 11.1 Å². The molecule has 0 saturated heterocycles. The first kappa shape index (κ1) is 16.1. The zero-order valence-corrected chi connectivity index (χ0v) is 14.5. The van der Waals surface area contributed by atoms with Crippen molar-refractivity contribution in [1.82, 2.24) is 0 Å². The van der Waals surface area contributed by atoms with E-state index in [1.54, 1.807) is 0 Å². The summed E-state index contributed by atoms with van der Waals surface area (Å²) in [6.45, 7) is 4.12. The van der Waals surface area contributed by atoms with Crippen molar-refractivity contribution >= 4 is 23.5 Å². The molecule has 0 bridgehead atoms. The average molecular weight is 319 g/mol. The number of carbonyl (C=O) groups excluding carboxylic acids is 1. The molecule has 0 atom stereocenters. The largest absolute Gasteiger partial charge is 0.422 e. The molecule has 0 saturated carbocycles. The van der Waals surface area contributed by atoms with Gasteiger partial charge in [-0.25, -0.2) is 4.79 Å². The molecule has 0 aromatic heterocycles. The van der Waals surface area contributed by atoms with Crippen LogP contribution in [0.4, 0.5) is 5.69 Å². The fourth-order valence-corrected chi connectivity index (χ4v) is 2.57. The molecule has 0 unspecified atom stereocenters. The van der Waals surface area contributed by atoms with E-state index in [0.717, 1.165) is 16.8 Å². The second-order valence-corrected chi connectivity index (χ2v) is 6.28. The van der Waals surface area contributed by atoms with Crippen LogP contribution >= 0.6 is 0 Å². The summed E-state index contributed by atoms with van der Waals surface area (Å²) in [5, 5.41) is 0. The third-order valence-electron chi connectivity index (χ3n) is 4.25. The van der Waals surface area contributed by atoms with Crippen molar-refractivity contribution in [3.63, 3.8) is 0 Å². The van der Waals surface area contributed by atoms with Crippen molar-refractivity contribution in [2.75, 3.05) is 19.0 Å². The second-order valence-electron chi connectivity index (χ2n) is 6.28. The Kier molecular flexibility index (Phi) is 4.26. The van der Waals surface area contributed by atoms with Gasteiger partial charge in [0.2, 0.25) is 0 Å². The smallest absolute Gasteiger partial charge is 0.343 e. The number of aryl methyl sites for hydroxylation is 2. The van der Waals surface area contributed by atoms with Gasteiger partial charge in [0.05, 0.1) is 5.57 Å². The molecule has 3 heteroatoms. The van der Waals surface area contributed by atoms with Gasteiger partial charge in [0.15, 0.2) is 0 Å². The van der Waals surface area contributed by atoms with Gasteiger partial charge in [-0.1, -0.05) is 24.3 Å². The molecular weight excluding hydrogens is 298 g/mol. The average Bonchev–Trinajstić information content (AvgIpc) is 2.91. The van der Waals surface area contributed by atoms with Crippen LogP contribution < -0.4 is 4.90 Å². The SMILES string of the molecule is Cc1ccc(C2=C/C(=C/c3ccc(N(C)C)cc3)C(=O)O2)cc1C. The van der Waals surface area contributed by atoms with E-state index in [-0.39, 0.29) is 5.97 Å². The lowest BCUT2D eigenvalue weighted by Crippen LogP contribution is -2.07. The summed E-state index contributed by atoms with van der Waals surface area (Å²) < 4.78 is 5.43. The van der Waals surface area contributed by atoms with Crippen LogP contribution in [0.5, 0.6) is 0 Å². The van der Waals surface area contributed by atoms with Crippen molar-refractivity contribution in [3.05, 3.63) is 76.4 Å². The Morgan fingerprint density at radius 2 is 1.67 bits per heavy atom. The Bertz CT molecular complexity index is 843. The first-order valence-corrected chi connectivity index (χ1v) is 7.94. The van der Waals surface area contributed by atoms with Crippen LogP contribution in [0.2, 0.25) is 0 Å². The maximum Gasteiger partial charge on any atom is 0.343 e. The molecule has 1 heterocycles.